The van der Waals surface area contributed by atoms with Gasteiger partial charge in [0.25, 0.3) is 0 Å². The van der Waals surface area contributed by atoms with E-state index >= 15 is 0 Å². The molecule has 0 aliphatic heterocycles. The van der Waals surface area contributed by atoms with Gasteiger partial charge in [-0.1, -0.05) is 31.2 Å². The molecule has 1 saturated carbocycles. The van der Waals surface area contributed by atoms with Gasteiger partial charge in [0.1, 0.15) is 0 Å². The summed E-state index contributed by atoms with van der Waals surface area (Å²) in [5.41, 5.74) is 2.81. The first-order chi connectivity index (χ1) is 7.83. The summed E-state index contributed by atoms with van der Waals surface area (Å²) < 4.78 is 0. The largest absolute Gasteiger partial charge is 0.395 e. The first-order valence-corrected chi connectivity index (χ1v) is 6.26. The summed E-state index contributed by atoms with van der Waals surface area (Å²) in [4.78, 5) is 0. The van der Waals surface area contributed by atoms with Crippen molar-refractivity contribution in [1.29, 1.82) is 0 Å². The van der Waals surface area contributed by atoms with Crippen molar-refractivity contribution in [2.45, 2.75) is 44.7 Å². The van der Waals surface area contributed by atoms with E-state index in [1.54, 1.807) is 0 Å². The lowest BCUT2D eigenvalue weighted by Crippen LogP contribution is -2.31. The molecule has 2 nitrogen and oxygen atoms in total. The lowest BCUT2D eigenvalue weighted by atomic mass is 10.1. The molecule has 1 atom stereocenters. The minimum atomic E-state index is 0.221. The third kappa shape index (κ3) is 3.06. The van der Waals surface area contributed by atoms with Crippen LogP contribution < -0.4 is 5.32 Å². The smallest absolute Gasteiger partial charge is 0.0584 e. The van der Waals surface area contributed by atoms with Crippen LogP contribution in [0.3, 0.4) is 0 Å². The van der Waals surface area contributed by atoms with E-state index in [4.69, 9.17) is 5.11 Å². The zero-order chi connectivity index (χ0) is 11.4. The topological polar surface area (TPSA) is 32.3 Å². The van der Waals surface area contributed by atoms with Crippen molar-refractivity contribution < 1.29 is 5.11 Å². The van der Waals surface area contributed by atoms with Crippen LogP contribution in [0.4, 0.5) is 0 Å². The highest BCUT2D eigenvalue weighted by atomic mass is 16.3. The highest BCUT2D eigenvalue weighted by Gasteiger charge is 2.23. The summed E-state index contributed by atoms with van der Waals surface area (Å²) in [5, 5.41) is 12.5. The number of rotatable bonds is 6. The normalized spacial score (nSPS) is 17.4. The van der Waals surface area contributed by atoms with Crippen LogP contribution in [0, 0.1) is 0 Å². The highest BCUT2D eigenvalue weighted by molar-refractivity contribution is 5.29. The molecule has 0 saturated heterocycles. The van der Waals surface area contributed by atoms with Crippen LogP contribution in [0.15, 0.2) is 24.3 Å². The van der Waals surface area contributed by atoms with Crippen molar-refractivity contribution in [3.63, 3.8) is 0 Å². The van der Waals surface area contributed by atoms with Crippen LogP contribution in [0.5, 0.6) is 0 Å². The van der Waals surface area contributed by atoms with Gasteiger partial charge in [-0.15, -0.1) is 0 Å². The van der Waals surface area contributed by atoms with Crippen molar-refractivity contribution in [3.8, 4) is 0 Å². The molecule has 0 bridgehead atoms. The van der Waals surface area contributed by atoms with Gasteiger partial charge in [0, 0.05) is 12.6 Å². The molecule has 1 unspecified atom stereocenters. The molecular formula is C14H21NO. The van der Waals surface area contributed by atoms with Gasteiger partial charge in [-0.25, -0.2) is 0 Å². The Morgan fingerprint density at radius 3 is 2.88 bits per heavy atom. The second-order valence-corrected chi connectivity index (χ2v) is 4.69. The average molecular weight is 219 g/mol. The van der Waals surface area contributed by atoms with Crippen molar-refractivity contribution in [2.75, 3.05) is 6.61 Å². The Labute approximate surface area is 97.7 Å². The van der Waals surface area contributed by atoms with Gasteiger partial charge in [0.05, 0.1) is 6.61 Å². The fraction of sp³-hybridized carbons (Fsp3) is 0.571. The SMILES string of the molecule is CCC(CO)NCc1cccc(C2CC2)c1. The predicted molar refractivity (Wildman–Crippen MR) is 66.4 cm³/mol. The van der Waals surface area contributed by atoms with Crippen molar-refractivity contribution in [1.82, 2.24) is 5.32 Å². The number of hydrogen-bond acceptors (Lipinski definition) is 2. The summed E-state index contributed by atoms with van der Waals surface area (Å²) in [6, 6.07) is 9.05. The Kier molecular flexibility index (Phi) is 3.97. The third-order valence-corrected chi connectivity index (χ3v) is 3.31. The summed E-state index contributed by atoms with van der Waals surface area (Å²) in [5.74, 6) is 0.819. The van der Waals surface area contributed by atoms with E-state index in [0.29, 0.717) is 0 Å². The Morgan fingerprint density at radius 2 is 2.25 bits per heavy atom. The van der Waals surface area contributed by atoms with Crippen LogP contribution in [0.2, 0.25) is 0 Å². The van der Waals surface area contributed by atoms with Crippen LogP contribution in [-0.2, 0) is 6.54 Å². The molecule has 2 rings (SSSR count). The monoisotopic (exact) mass is 219 g/mol. The van der Waals surface area contributed by atoms with E-state index in [9.17, 15) is 0 Å². The Balaban J connectivity index is 1.90. The lowest BCUT2D eigenvalue weighted by Gasteiger charge is -2.14. The molecule has 0 spiro atoms. The molecule has 88 valence electrons. The van der Waals surface area contributed by atoms with Crippen LogP contribution in [0.1, 0.15) is 43.2 Å². The second kappa shape index (κ2) is 5.46. The summed E-state index contributed by atoms with van der Waals surface area (Å²) in [6.07, 6.45) is 3.68. The molecule has 1 aromatic carbocycles. The van der Waals surface area contributed by atoms with E-state index in [-0.39, 0.29) is 12.6 Å². The molecule has 0 aromatic heterocycles. The third-order valence-electron chi connectivity index (χ3n) is 3.31. The number of aliphatic hydroxyl groups excluding tert-OH is 1. The van der Waals surface area contributed by atoms with Gasteiger partial charge in [-0.05, 0) is 36.3 Å². The zero-order valence-corrected chi connectivity index (χ0v) is 9.95. The number of aliphatic hydroxyl groups is 1. The molecule has 16 heavy (non-hydrogen) atoms. The molecule has 1 aliphatic carbocycles. The molecule has 2 N–H and O–H groups in total. The summed E-state index contributed by atoms with van der Waals surface area (Å²) in [6.45, 7) is 3.17. The predicted octanol–water partition coefficient (Wildman–Crippen LogP) is 2.42. The van der Waals surface area contributed by atoms with Gasteiger partial charge in [-0.2, -0.15) is 0 Å². The van der Waals surface area contributed by atoms with Crippen LogP contribution in [-0.4, -0.2) is 17.8 Å². The molecule has 1 fully saturated rings. The van der Waals surface area contributed by atoms with Crippen LogP contribution in [0.25, 0.3) is 0 Å². The number of hydrogen-bond donors (Lipinski definition) is 2. The van der Waals surface area contributed by atoms with E-state index in [1.165, 1.54) is 24.0 Å². The fourth-order valence-electron chi connectivity index (χ4n) is 1.97. The van der Waals surface area contributed by atoms with Gasteiger partial charge in [0.15, 0.2) is 0 Å². The van der Waals surface area contributed by atoms with Crippen molar-refractivity contribution in [3.05, 3.63) is 35.4 Å². The van der Waals surface area contributed by atoms with Crippen molar-refractivity contribution in [2.24, 2.45) is 0 Å². The molecule has 1 aromatic rings. The first-order valence-electron chi connectivity index (χ1n) is 6.26. The lowest BCUT2D eigenvalue weighted by molar-refractivity contribution is 0.238. The molecule has 0 radical (unpaired) electrons. The standard InChI is InChI=1S/C14H21NO/c1-2-14(10-16)15-9-11-4-3-5-13(8-11)12-6-7-12/h3-5,8,12,14-16H,2,6-7,9-10H2,1H3. The van der Waals surface area contributed by atoms with Crippen LogP contribution >= 0.6 is 0 Å². The highest BCUT2D eigenvalue weighted by Crippen LogP contribution is 2.40. The minimum Gasteiger partial charge on any atom is -0.395 e. The van der Waals surface area contributed by atoms with Gasteiger partial charge in [0.2, 0.25) is 0 Å². The fourth-order valence-corrected chi connectivity index (χ4v) is 1.97. The maximum absolute atomic E-state index is 9.09. The molecule has 0 heterocycles. The van der Waals surface area contributed by atoms with Crippen molar-refractivity contribution >= 4 is 0 Å². The molecule has 0 amide bonds. The number of benzene rings is 1. The van der Waals surface area contributed by atoms with Gasteiger partial charge < -0.3 is 10.4 Å². The Bertz CT molecular complexity index is 329. The Hall–Kier alpha value is -0.860. The van der Waals surface area contributed by atoms with E-state index in [1.807, 2.05) is 0 Å². The van der Waals surface area contributed by atoms with E-state index in [0.717, 1.165) is 18.9 Å². The quantitative estimate of drug-likeness (QED) is 0.770. The summed E-state index contributed by atoms with van der Waals surface area (Å²) in [7, 11) is 0. The maximum atomic E-state index is 9.09. The minimum absolute atomic E-state index is 0.221. The molecule has 1 aliphatic rings. The van der Waals surface area contributed by atoms with Gasteiger partial charge >= 0.3 is 0 Å². The first kappa shape index (κ1) is 11.6. The maximum Gasteiger partial charge on any atom is 0.0584 e. The van der Waals surface area contributed by atoms with E-state index < -0.39 is 0 Å². The molecular weight excluding hydrogens is 198 g/mol. The van der Waals surface area contributed by atoms with Gasteiger partial charge in [-0.3, -0.25) is 0 Å². The van der Waals surface area contributed by atoms with E-state index in [2.05, 4.69) is 36.5 Å². The molecule has 2 heteroatoms. The second-order valence-electron chi connectivity index (χ2n) is 4.69. The zero-order valence-electron chi connectivity index (χ0n) is 9.95. The number of nitrogens with one attached hydrogen (secondary N) is 1. The average Bonchev–Trinajstić information content (AvgIpc) is 3.15. The Morgan fingerprint density at radius 1 is 1.44 bits per heavy atom. The summed E-state index contributed by atoms with van der Waals surface area (Å²) >= 11 is 0.